The normalized spacial score (nSPS) is 24.8. The molecule has 1 aliphatic rings. The van der Waals surface area contributed by atoms with Crippen LogP contribution < -0.4 is 5.14 Å². The Labute approximate surface area is 82.6 Å². The maximum Gasteiger partial charge on any atom is 0.150 e. The molecule has 0 aliphatic carbocycles. The fourth-order valence-electron chi connectivity index (χ4n) is 1.30. The van der Waals surface area contributed by atoms with Crippen LogP contribution in [0.3, 0.4) is 0 Å². The van der Waals surface area contributed by atoms with E-state index in [9.17, 15) is 4.55 Å². The predicted molar refractivity (Wildman–Crippen MR) is 54.5 cm³/mol. The molecule has 1 heterocycles. The molecule has 3 nitrogen and oxygen atoms in total. The van der Waals surface area contributed by atoms with Gasteiger partial charge in [0.05, 0.1) is 0 Å². The molecule has 0 aromatic carbocycles. The summed E-state index contributed by atoms with van der Waals surface area (Å²) in [5.41, 5.74) is 0. The molecule has 1 saturated heterocycles. The number of hydrogen-bond acceptors (Lipinski definition) is 3. The zero-order chi connectivity index (χ0) is 9.68. The topological polar surface area (TPSA) is 58.3 Å². The zero-order valence-corrected chi connectivity index (χ0v) is 8.76. The molecule has 0 spiro atoms. The summed E-state index contributed by atoms with van der Waals surface area (Å²) in [4.78, 5) is 0. The first-order chi connectivity index (χ1) is 6.20. The lowest BCUT2D eigenvalue weighted by atomic mass is 10.00. The van der Waals surface area contributed by atoms with Crippen molar-refractivity contribution in [1.82, 2.24) is 0 Å². The van der Waals surface area contributed by atoms with Crippen LogP contribution in [0.5, 0.6) is 0 Å². The summed E-state index contributed by atoms with van der Waals surface area (Å²) in [7, 11) is 0. The van der Waals surface area contributed by atoms with Crippen molar-refractivity contribution in [2.24, 2.45) is 11.1 Å². The molecule has 76 valence electrons. The van der Waals surface area contributed by atoms with E-state index in [2.05, 4.69) is 6.08 Å². The van der Waals surface area contributed by atoms with Gasteiger partial charge in [-0.2, -0.15) is 5.14 Å². The Kier molecular flexibility index (Phi) is 4.80. The number of nitrogens with two attached hydrogens (primary N) is 1. The van der Waals surface area contributed by atoms with Crippen LogP contribution in [-0.2, 0) is 16.1 Å². The third kappa shape index (κ3) is 4.13. The van der Waals surface area contributed by atoms with E-state index in [1.807, 2.05) is 13.0 Å². The fourth-order valence-corrected chi connectivity index (χ4v) is 1.54. The molecule has 4 heteroatoms. The van der Waals surface area contributed by atoms with Crippen LogP contribution >= 0.6 is 0 Å². The average molecular weight is 203 g/mol. The SMILES string of the molecule is CC(C=CC1CCOCC1)[S+](N)[O-]. The van der Waals surface area contributed by atoms with E-state index < -0.39 is 11.4 Å². The van der Waals surface area contributed by atoms with Crippen LogP contribution in [0.1, 0.15) is 19.8 Å². The third-order valence-electron chi connectivity index (χ3n) is 2.29. The highest BCUT2D eigenvalue weighted by atomic mass is 32.2. The Morgan fingerprint density at radius 2 is 2.15 bits per heavy atom. The third-order valence-corrected chi connectivity index (χ3v) is 3.18. The Morgan fingerprint density at radius 1 is 1.54 bits per heavy atom. The minimum absolute atomic E-state index is 0.0390. The van der Waals surface area contributed by atoms with Crippen LogP contribution in [-0.4, -0.2) is 23.0 Å². The molecular formula is C9H17NO2S. The first-order valence-electron chi connectivity index (χ1n) is 4.61. The van der Waals surface area contributed by atoms with Crippen LogP contribution in [0, 0.1) is 5.92 Å². The second-order valence-corrected chi connectivity index (χ2v) is 4.77. The van der Waals surface area contributed by atoms with E-state index in [1.165, 1.54) is 0 Å². The van der Waals surface area contributed by atoms with Gasteiger partial charge in [-0.15, -0.1) is 0 Å². The van der Waals surface area contributed by atoms with Gasteiger partial charge in [0.25, 0.3) is 0 Å². The van der Waals surface area contributed by atoms with E-state index >= 15 is 0 Å². The molecule has 2 unspecified atom stereocenters. The van der Waals surface area contributed by atoms with Crippen LogP contribution in [0.25, 0.3) is 0 Å². The molecule has 0 saturated carbocycles. The minimum atomic E-state index is -1.23. The summed E-state index contributed by atoms with van der Waals surface area (Å²) in [5.74, 6) is 0.583. The number of hydrogen-bond donors (Lipinski definition) is 1. The standard InChI is InChI=1S/C9H17NO2S/c1-8(13(10)11)2-3-9-4-6-12-7-5-9/h2-3,8-9H,4-7,10H2,1H3. The highest BCUT2D eigenvalue weighted by Crippen LogP contribution is 2.16. The summed E-state index contributed by atoms with van der Waals surface area (Å²) < 4.78 is 16.1. The first kappa shape index (κ1) is 11.0. The molecule has 1 fully saturated rings. The van der Waals surface area contributed by atoms with Crippen molar-refractivity contribution in [3.05, 3.63) is 12.2 Å². The highest BCUT2D eigenvalue weighted by molar-refractivity contribution is 7.89. The quantitative estimate of drug-likeness (QED) is 0.549. The summed E-state index contributed by atoms with van der Waals surface area (Å²) >= 11 is -1.23. The van der Waals surface area contributed by atoms with Crippen molar-refractivity contribution < 1.29 is 9.29 Å². The highest BCUT2D eigenvalue weighted by Gasteiger charge is 2.13. The van der Waals surface area contributed by atoms with Gasteiger partial charge in [-0.25, -0.2) is 0 Å². The van der Waals surface area contributed by atoms with Crippen LogP contribution in [0.15, 0.2) is 12.2 Å². The molecule has 1 rings (SSSR count). The molecule has 2 atom stereocenters. The molecule has 1 aliphatic heterocycles. The van der Waals surface area contributed by atoms with Crippen molar-refractivity contribution in [3.63, 3.8) is 0 Å². The van der Waals surface area contributed by atoms with Gasteiger partial charge in [-0.3, -0.25) is 0 Å². The van der Waals surface area contributed by atoms with E-state index in [1.54, 1.807) is 0 Å². The van der Waals surface area contributed by atoms with Crippen molar-refractivity contribution >= 4 is 11.4 Å². The van der Waals surface area contributed by atoms with Crippen molar-refractivity contribution in [1.29, 1.82) is 0 Å². The van der Waals surface area contributed by atoms with Gasteiger partial charge in [0.15, 0.2) is 5.25 Å². The number of allylic oxidation sites excluding steroid dienone is 1. The largest absolute Gasteiger partial charge is 0.598 e. The van der Waals surface area contributed by atoms with Gasteiger partial charge < -0.3 is 9.29 Å². The van der Waals surface area contributed by atoms with Gasteiger partial charge in [-0.05, 0) is 31.8 Å². The Balaban J connectivity index is 2.28. The second-order valence-electron chi connectivity index (χ2n) is 3.37. The lowest BCUT2D eigenvalue weighted by molar-refractivity contribution is 0.0785. The van der Waals surface area contributed by atoms with Gasteiger partial charge in [0, 0.05) is 24.6 Å². The molecule has 0 aromatic heterocycles. The maximum absolute atomic E-state index is 10.8. The summed E-state index contributed by atoms with van der Waals surface area (Å²) in [6.45, 7) is 3.55. The molecular weight excluding hydrogens is 186 g/mol. The number of rotatable bonds is 3. The number of ether oxygens (including phenoxy) is 1. The zero-order valence-electron chi connectivity index (χ0n) is 7.94. The van der Waals surface area contributed by atoms with E-state index in [-0.39, 0.29) is 5.25 Å². The molecule has 0 amide bonds. The average Bonchev–Trinajstić information content (AvgIpc) is 2.15. The molecule has 0 bridgehead atoms. The Bertz CT molecular complexity index is 167. The van der Waals surface area contributed by atoms with Crippen LogP contribution in [0.4, 0.5) is 0 Å². The van der Waals surface area contributed by atoms with Gasteiger partial charge in [0.1, 0.15) is 0 Å². The van der Waals surface area contributed by atoms with Gasteiger partial charge >= 0.3 is 0 Å². The minimum Gasteiger partial charge on any atom is -0.598 e. The van der Waals surface area contributed by atoms with E-state index in [0.29, 0.717) is 5.92 Å². The predicted octanol–water partition coefficient (Wildman–Crippen LogP) is 0.980. The van der Waals surface area contributed by atoms with Gasteiger partial charge in [0.2, 0.25) is 0 Å². The van der Waals surface area contributed by atoms with E-state index in [4.69, 9.17) is 9.88 Å². The summed E-state index contributed by atoms with van der Waals surface area (Å²) in [5, 5.41) is 5.21. The Hall–Kier alpha value is -0.0300. The monoisotopic (exact) mass is 203 g/mol. The smallest absolute Gasteiger partial charge is 0.150 e. The summed E-state index contributed by atoms with van der Waals surface area (Å²) in [6.07, 6.45) is 6.21. The Morgan fingerprint density at radius 3 is 2.69 bits per heavy atom. The first-order valence-corrected chi connectivity index (χ1v) is 5.89. The summed E-state index contributed by atoms with van der Waals surface area (Å²) in [6, 6.07) is 0. The fraction of sp³-hybridized carbons (Fsp3) is 0.778. The van der Waals surface area contributed by atoms with Gasteiger partial charge in [-0.1, -0.05) is 6.08 Å². The van der Waals surface area contributed by atoms with Crippen molar-refractivity contribution in [2.75, 3.05) is 13.2 Å². The lowest BCUT2D eigenvalue weighted by Gasteiger charge is -2.19. The molecule has 0 radical (unpaired) electrons. The van der Waals surface area contributed by atoms with Crippen molar-refractivity contribution in [3.8, 4) is 0 Å². The van der Waals surface area contributed by atoms with Crippen molar-refractivity contribution in [2.45, 2.75) is 25.0 Å². The molecule has 13 heavy (non-hydrogen) atoms. The maximum atomic E-state index is 10.8. The molecule has 0 aromatic rings. The molecule has 2 N–H and O–H groups in total. The van der Waals surface area contributed by atoms with E-state index in [0.717, 1.165) is 26.1 Å². The lowest BCUT2D eigenvalue weighted by Crippen LogP contribution is -2.24. The second kappa shape index (κ2) is 5.65. The van der Waals surface area contributed by atoms with Crippen LogP contribution in [0.2, 0.25) is 0 Å².